The number of carbonyl (C=O) groups is 1. The largest absolute Gasteiger partial charge is 0.490 e. The number of ether oxygens (including phenoxy) is 2. The van der Waals surface area contributed by atoms with E-state index in [0.29, 0.717) is 13.2 Å². The molecule has 0 saturated carbocycles. The number of fused-ring (bicyclic) bond motifs is 1. The summed E-state index contributed by atoms with van der Waals surface area (Å²) in [5, 5.41) is 5.96. The smallest absolute Gasteiger partial charge is 0.319 e. The van der Waals surface area contributed by atoms with Crippen LogP contribution in [0.5, 0.6) is 11.5 Å². The van der Waals surface area contributed by atoms with Crippen molar-refractivity contribution in [3.63, 3.8) is 0 Å². The molecular formula is C21H26N2O3. The number of anilines is 1. The summed E-state index contributed by atoms with van der Waals surface area (Å²) in [5.74, 6) is 1.73. The fraction of sp³-hybridized carbons (Fsp3) is 0.381. The fourth-order valence-electron chi connectivity index (χ4n) is 2.95. The number of hydrogen-bond donors (Lipinski definition) is 2. The summed E-state index contributed by atoms with van der Waals surface area (Å²) < 4.78 is 11.5. The summed E-state index contributed by atoms with van der Waals surface area (Å²) in [7, 11) is 0. The third-order valence-corrected chi connectivity index (χ3v) is 4.39. The molecule has 0 radical (unpaired) electrons. The minimum absolute atomic E-state index is 0.127. The van der Waals surface area contributed by atoms with E-state index in [4.69, 9.17) is 9.47 Å². The Morgan fingerprint density at radius 1 is 1.00 bits per heavy atom. The molecule has 1 aliphatic rings. The van der Waals surface area contributed by atoms with Crippen LogP contribution in [0.4, 0.5) is 10.5 Å². The lowest BCUT2D eigenvalue weighted by atomic mass is 9.96. The molecule has 5 nitrogen and oxygen atoms in total. The number of rotatable bonds is 4. The van der Waals surface area contributed by atoms with Crippen LogP contribution in [0.1, 0.15) is 37.4 Å². The Morgan fingerprint density at radius 3 is 2.38 bits per heavy atom. The van der Waals surface area contributed by atoms with E-state index in [-0.39, 0.29) is 18.0 Å². The molecule has 1 aliphatic heterocycles. The number of urea groups is 1. The number of amides is 2. The summed E-state index contributed by atoms with van der Waals surface area (Å²) in [5.41, 5.74) is 2.93. The van der Waals surface area contributed by atoms with Crippen LogP contribution in [0.15, 0.2) is 42.5 Å². The van der Waals surface area contributed by atoms with Gasteiger partial charge in [0.2, 0.25) is 0 Å². The molecule has 138 valence electrons. The lowest BCUT2D eigenvalue weighted by molar-refractivity contribution is 0.244. The van der Waals surface area contributed by atoms with Crippen molar-refractivity contribution in [3.8, 4) is 11.5 Å². The molecule has 0 aliphatic carbocycles. The fourth-order valence-corrected chi connectivity index (χ4v) is 2.95. The van der Waals surface area contributed by atoms with Crippen molar-refractivity contribution in [2.24, 2.45) is 5.92 Å². The van der Waals surface area contributed by atoms with Crippen LogP contribution in [-0.2, 0) is 0 Å². The summed E-state index contributed by atoms with van der Waals surface area (Å²) in [6, 6.07) is 13.3. The second-order valence-electron chi connectivity index (χ2n) is 6.94. The van der Waals surface area contributed by atoms with Crippen molar-refractivity contribution >= 4 is 11.7 Å². The van der Waals surface area contributed by atoms with Gasteiger partial charge in [0.1, 0.15) is 0 Å². The maximum atomic E-state index is 12.5. The van der Waals surface area contributed by atoms with Gasteiger partial charge in [0.05, 0.1) is 19.3 Å². The number of benzene rings is 2. The molecule has 0 spiro atoms. The first-order valence-electron chi connectivity index (χ1n) is 9.06. The Labute approximate surface area is 154 Å². The first-order valence-corrected chi connectivity index (χ1v) is 9.06. The molecule has 2 aromatic carbocycles. The Bertz CT molecular complexity index is 756. The van der Waals surface area contributed by atoms with Crippen LogP contribution in [0.3, 0.4) is 0 Å². The van der Waals surface area contributed by atoms with Crippen LogP contribution in [-0.4, -0.2) is 19.2 Å². The van der Waals surface area contributed by atoms with Gasteiger partial charge < -0.3 is 20.1 Å². The minimum Gasteiger partial charge on any atom is -0.490 e. The number of hydrogen-bond acceptors (Lipinski definition) is 3. The predicted octanol–water partition coefficient (Wildman–Crippen LogP) is 4.68. The average molecular weight is 354 g/mol. The molecule has 3 rings (SSSR count). The van der Waals surface area contributed by atoms with Gasteiger partial charge in [-0.25, -0.2) is 4.79 Å². The van der Waals surface area contributed by atoms with Crippen molar-refractivity contribution in [2.45, 2.75) is 33.2 Å². The average Bonchev–Trinajstić information content (AvgIpc) is 2.86. The lowest BCUT2D eigenvalue weighted by Crippen LogP contribution is -2.35. The van der Waals surface area contributed by atoms with Gasteiger partial charge in [0.25, 0.3) is 0 Å². The predicted molar refractivity (Wildman–Crippen MR) is 103 cm³/mol. The highest BCUT2D eigenvalue weighted by atomic mass is 16.5. The molecule has 0 bridgehead atoms. The van der Waals surface area contributed by atoms with Crippen molar-refractivity contribution in [1.82, 2.24) is 5.32 Å². The molecule has 2 N–H and O–H groups in total. The summed E-state index contributed by atoms with van der Waals surface area (Å²) >= 11 is 0. The maximum Gasteiger partial charge on any atom is 0.319 e. The highest BCUT2D eigenvalue weighted by Crippen LogP contribution is 2.34. The minimum atomic E-state index is -0.223. The molecule has 1 heterocycles. The lowest BCUT2D eigenvalue weighted by Gasteiger charge is -2.24. The molecule has 1 unspecified atom stereocenters. The molecule has 5 heteroatoms. The Hall–Kier alpha value is -2.69. The Balaban J connectivity index is 1.73. The van der Waals surface area contributed by atoms with Crippen LogP contribution in [0.2, 0.25) is 0 Å². The van der Waals surface area contributed by atoms with Crippen molar-refractivity contribution < 1.29 is 14.3 Å². The second kappa shape index (κ2) is 8.13. The first kappa shape index (κ1) is 18.1. The van der Waals surface area contributed by atoms with Gasteiger partial charge in [-0.1, -0.05) is 37.6 Å². The van der Waals surface area contributed by atoms with E-state index in [1.807, 2.05) is 49.4 Å². The van der Waals surface area contributed by atoms with E-state index in [2.05, 4.69) is 24.5 Å². The quantitative estimate of drug-likeness (QED) is 0.838. The standard InChI is InChI=1S/C21H26N2O3/c1-14(2)20(23-21(24)22-17-8-5-15(3)6-9-17)16-7-10-18-19(13-16)26-12-4-11-25-18/h5-10,13-14,20H,4,11-12H2,1-3H3,(H2,22,23,24). The molecule has 0 saturated heterocycles. The normalized spacial score (nSPS) is 14.5. The number of nitrogens with one attached hydrogen (secondary N) is 2. The summed E-state index contributed by atoms with van der Waals surface area (Å²) in [4.78, 5) is 12.5. The molecule has 0 fully saturated rings. The summed E-state index contributed by atoms with van der Waals surface area (Å²) in [6.45, 7) is 7.49. The van der Waals surface area contributed by atoms with Crippen LogP contribution >= 0.6 is 0 Å². The molecule has 2 aromatic rings. The third kappa shape index (κ3) is 4.48. The Morgan fingerprint density at radius 2 is 1.69 bits per heavy atom. The van der Waals surface area contributed by atoms with E-state index in [9.17, 15) is 4.79 Å². The van der Waals surface area contributed by atoms with Crippen molar-refractivity contribution in [3.05, 3.63) is 53.6 Å². The maximum absolute atomic E-state index is 12.5. The monoisotopic (exact) mass is 354 g/mol. The molecule has 26 heavy (non-hydrogen) atoms. The van der Waals surface area contributed by atoms with Crippen molar-refractivity contribution in [2.75, 3.05) is 18.5 Å². The zero-order chi connectivity index (χ0) is 18.5. The van der Waals surface area contributed by atoms with Gasteiger partial charge in [0, 0.05) is 12.1 Å². The van der Waals surface area contributed by atoms with Crippen LogP contribution < -0.4 is 20.1 Å². The van der Waals surface area contributed by atoms with E-state index in [1.54, 1.807) is 0 Å². The second-order valence-corrected chi connectivity index (χ2v) is 6.94. The first-order chi connectivity index (χ1) is 12.5. The molecule has 1 atom stereocenters. The zero-order valence-corrected chi connectivity index (χ0v) is 15.5. The highest BCUT2D eigenvalue weighted by Gasteiger charge is 2.21. The number of aryl methyl sites for hydroxylation is 1. The van der Waals surface area contributed by atoms with Crippen LogP contribution in [0, 0.1) is 12.8 Å². The van der Waals surface area contributed by atoms with E-state index in [1.165, 1.54) is 0 Å². The molecule has 2 amide bonds. The highest BCUT2D eigenvalue weighted by molar-refractivity contribution is 5.89. The van der Waals surface area contributed by atoms with Gasteiger partial charge in [-0.05, 0) is 42.7 Å². The van der Waals surface area contributed by atoms with Crippen LogP contribution in [0.25, 0.3) is 0 Å². The van der Waals surface area contributed by atoms with Gasteiger partial charge >= 0.3 is 6.03 Å². The zero-order valence-electron chi connectivity index (χ0n) is 15.5. The van der Waals surface area contributed by atoms with E-state index >= 15 is 0 Å². The van der Waals surface area contributed by atoms with E-state index < -0.39 is 0 Å². The third-order valence-electron chi connectivity index (χ3n) is 4.39. The van der Waals surface area contributed by atoms with Crippen molar-refractivity contribution in [1.29, 1.82) is 0 Å². The SMILES string of the molecule is Cc1ccc(NC(=O)NC(c2ccc3c(c2)OCCCO3)C(C)C)cc1. The van der Waals surface area contributed by atoms with Gasteiger partial charge in [-0.15, -0.1) is 0 Å². The molecular weight excluding hydrogens is 328 g/mol. The Kier molecular flexibility index (Phi) is 5.66. The van der Waals surface area contributed by atoms with E-state index in [0.717, 1.165) is 34.7 Å². The summed E-state index contributed by atoms with van der Waals surface area (Å²) in [6.07, 6.45) is 0.870. The molecule has 0 aromatic heterocycles. The van der Waals surface area contributed by atoms with Gasteiger partial charge in [-0.3, -0.25) is 0 Å². The number of carbonyl (C=O) groups excluding carboxylic acids is 1. The van der Waals surface area contributed by atoms with Gasteiger partial charge in [-0.2, -0.15) is 0 Å². The van der Waals surface area contributed by atoms with Gasteiger partial charge in [0.15, 0.2) is 11.5 Å². The topological polar surface area (TPSA) is 59.6 Å².